The number of hydrogen-bond donors (Lipinski definition) is 1. The van der Waals surface area contributed by atoms with E-state index in [1.165, 1.54) is 24.1 Å². The molecule has 1 aliphatic carbocycles. The molecule has 1 aromatic heterocycles. The van der Waals surface area contributed by atoms with Gasteiger partial charge in [-0.3, -0.25) is 0 Å². The first-order valence-electron chi connectivity index (χ1n) is 6.60. The van der Waals surface area contributed by atoms with Crippen LogP contribution in [0.5, 0.6) is 0 Å². The predicted molar refractivity (Wildman–Crippen MR) is 72.5 cm³/mol. The molecule has 0 bridgehead atoms. The largest absolute Gasteiger partial charge is 0.359 e. The number of aromatic nitrogens is 1. The second-order valence-electron chi connectivity index (χ2n) is 4.85. The number of nitrogens with two attached hydrogens (primary N) is 1. The van der Waals surface area contributed by atoms with Crippen molar-refractivity contribution in [2.75, 3.05) is 25.0 Å². The monoisotopic (exact) mass is 244 g/mol. The van der Waals surface area contributed by atoms with E-state index in [0.717, 1.165) is 31.6 Å². The Balaban J connectivity index is 2.31. The summed E-state index contributed by atoms with van der Waals surface area (Å²) in [5.74, 6) is 0.812. The number of nitriles is 1. The Morgan fingerprint density at radius 1 is 1.44 bits per heavy atom. The maximum atomic E-state index is 9.25. The third-order valence-electron chi connectivity index (χ3n) is 3.46. The van der Waals surface area contributed by atoms with Crippen molar-refractivity contribution in [3.8, 4) is 6.07 Å². The summed E-state index contributed by atoms with van der Waals surface area (Å²) < 4.78 is 0. The lowest BCUT2D eigenvalue weighted by molar-refractivity contribution is 0.664. The van der Waals surface area contributed by atoms with Gasteiger partial charge in [-0.2, -0.15) is 5.26 Å². The molecule has 96 valence electrons. The van der Waals surface area contributed by atoms with Gasteiger partial charge in [0.1, 0.15) is 11.9 Å². The number of aryl methyl sites for hydroxylation is 2. The SMILES string of the molecule is CN(CCCN)c1nc2c(cc1C#N)CCCC2. The van der Waals surface area contributed by atoms with E-state index in [9.17, 15) is 5.26 Å². The lowest BCUT2D eigenvalue weighted by atomic mass is 9.95. The zero-order valence-electron chi connectivity index (χ0n) is 10.9. The molecule has 0 saturated heterocycles. The Bertz CT molecular complexity index is 462. The van der Waals surface area contributed by atoms with Gasteiger partial charge in [0.15, 0.2) is 0 Å². The Hall–Kier alpha value is -1.60. The number of fused-ring (bicyclic) bond motifs is 1. The summed E-state index contributed by atoms with van der Waals surface area (Å²) in [6.07, 6.45) is 5.43. The summed E-state index contributed by atoms with van der Waals surface area (Å²) in [5.41, 5.74) is 8.65. The van der Waals surface area contributed by atoms with Crippen molar-refractivity contribution in [1.82, 2.24) is 4.98 Å². The van der Waals surface area contributed by atoms with Gasteiger partial charge in [0.2, 0.25) is 0 Å². The molecule has 1 aromatic rings. The van der Waals surface area contributed by atoms with Crippen LogP contribution in [-0.4, -0.2) is 25.1 Å². The summed E-state index contributed by atoms with van der Waals surface area (Å²) >= 11 is 0. The van der Waals surface area contributed by atoms with E-state index >= 15 is 0 Å². The number of hydrogen-bond acceptors (Lipinski definition) is 4. The Kier molecular flexibility index (Phi) is 4.16. The Labute approximate surface area is 108 Å². The minimum Gasteiger partial charge on any atom is -0.359 e. The first-order chi connectivity index (χ1) is 8.76. The second-order valence-corrected chi connectivity index (χ2v) is 4.85. The zero-order valence-corrected chi connectivity index (χ0v) is 10.9. The van der Waals surface area contributed by atoms with Crippen LogP contribution in [0.2, 0.25) is 0 Å². The lowest BCUT2D eigenvalue weighted by Gasteiger charge is -2.22. The molecule has 0 unspecified atom stereocenters. The molecule has 4 heteroatoms. The van der Waals surface area contributed by atoms with E-state index in [-0.39, 0.29) is 0 Å². The van der Waals surface area contributed by atoms with Crippen molar-refractivity contribution in [2.24, 2.45) is 5.73 Å². The van der Waals surface area contributed by atoms with Gasteiger partial charge in [-0.15, -0.1) is 0 Å². The minimum atomic E-state index is 0.664. The van der Waals surface area contributed by atoms with Gasteiger partial charge in [0.05, 0.1) is 5.56 Å². The second kappa shape index (κ2) is 5.83. The third kappa shape index (κ3) is 2.62. The van der Waals surface area contributed by atoms with E-state index in [1.807, 2.05) is 18.0 Å². The van der Waals surface area contributed by atoms with Crippen LogP contribution in [0.1, 0.15) is 36.1 Å². The molecule has 0 radical (unpaired) electrons. The van der Waals surface area contributed by atoms with Gasteiger partial charge < -0.3 is 10.6 Å². The molecule has 1 aliphatic rings. The van der Waals surface area contributed by atoms with Crippen LogP contribution in [0.4, 0.5) is 5.82 Å². The molecule has 2 rings (SSSR count). The van der Waals surface area contributed by atoms with Crippen molar-refractivity contribution < 1.29 is 0 Å². The van der Waals surface area contributed by atoms with Crippen LogP contribution in [-0.2, 0) is 12.8 Å². The van der Waals surface area contributed by atoms with Crippen molar-refractivity contribution >= 4 is 5.82 Å². The van der Waals surface area contributed by atoms with Gasteiger partial charge in [-0.25, -0.2) is 4.98 Å². The summed E-state index contributed by atoms with van der Waals surface area (Å²) in [4.78, 5) is 6.74. The van der Waals surface area contributed by atoms with E-state index in [1.54, 1.807) is 0 Å². The fraction of sp³-hybridized carbons (Fsp3) is 0.571. The van der Waals surface area contributed by atoms with Gasteiger partial charge in [0.25, 0.3) is 0 Å². The van der Waals surface area contributed by atoms with Crippen molar-refractivity contribution in [3.05, 3.63) is 22.9 Å². The molecule has 2 N–H and O–H groups in total. The maximum Gasteiger partial charge on any atom is 0.146 e. The van der Waals surface area contributed by atoms with Crippen LogP contribution in [0.3, 0.4) is 0 Å². The van der Waals surface area contributed by atoms with Crippen molar-refractivity contribution in [1.29, 1.82) is 5.26 Å². The van der Waals surface area contributed by atoms with Gasteiger partial charge in [0, 0.05) is 19.3 Å². The van der Waals surface area contributed by atoms with Crippen LogP contribution >= 0.6 is 0 Å². The smallest absolute Gasteiger partial charge is 0.146 e. The third-order valence-corrected chi connectivity index (χ3v) is 3.46. The van der Waals surface area contributed by atoms with Crippen molar-refractivity contribution in [3.63, 3.8) is 0 Å². The topological polar surface area (TPSA) is 65.9 Å². The fourth-order valence-corrected chi connectivity index (χ4v) is 2.43. The number of nitrogens with zero attached hydrogens (tertiary/aromatic N) is 3. The molecule has 0 aliphatic heterocycles. The highest BCUT2D eigenvalue weighted by atomic mass is 15.2. The predicted octanol–water partition coefficient (Wildman–Crippen LogP) is 1.62. The van der Waals surface area contributed by atoms with Crippen LogP contribution in [0.25, 0.3) is 0 Å². The van der Waals surface area contributed by atoms with E-state index in [2.05, 4.69) is 6.07 Å². The summed E-state index contributed by atoms with van der Waals surface area (Å²) in [6, 6.07) is 4.29. The molecule has 0 saturated carbocycles. The van der Waals surface area contributed by atoms with Crippen LogP contribution in [0.15, 0.2) is 6.07 Å². The number of pyridine rings is 1. The Morgan fingerprint density at radius 3 is 2.94 bits per heavy atom. The van der Waals surface area contributed by atoms with Crippen molar-refractivity contribution in [2.45, 2.75) is 32.1 Å². The average Bonchev–Trinajstić information content (AvgIpc) is 2.43. The molecule has 18 heavy (non-hydrogen) atoms. The molecule has 0 spiro atoms. The minimum absolute atomic E-state index is 0.664. The number of anilines is 1. The fourth-order valence-electron chi connectivity index (χ4n) is 2.43. The summed E-state index contributed by atoms with van der Waals surface area (Å²) in [7, 11) is 1.98. The Morgan fingerprint density at radius 2 is 2.22 bits per heavy atom. The van der Waals surface area contributed by atoms with Crippen LogP contribution in [0, 0.1) is 11.3 Å². The highest BCUT2D eigenvalue weighted by Crippen LogP contribution is 2.25. The maximum absolute atomic E-state index is 9.25. The zero-order chi connectivity index (χ0) is 13.0. The first kappa shape index (κ1) is 12.8. The molecule has 0 amide bonds. The molecular weight excluding hydrogens is 224 g/mol. The van der Waals surface area contributed by atoms with Gasteiger partial charge in [-0.1, -0.05) is 0 Å². The first-order valence-corrected chi connectivity index (χ1v) is 6.60. The normalized spacial score (nSPS) is 13.8. The molecule has 1 heterocycles. The summed E-state index contributed by atoms with van der Waals surface area (Å²) in [6.45, 7) is 1.51. The highest BCUT2D eigenvalue weighted by molar-refractivity contribution is 5.56. The lowest BCUT2D eigenvalue weighted by Crippen LogP contribution is -2.24. The highest BCUT2D eigenvalue weighted by Gasteiger charge is 2.16. The molecule has 0 atom stereocenters. The average molecular weight is 244 g/mol. The van der Waals surface area contributed by atoms with Gasteiger partial charge >= 0.3 is 0 Å². The molecule has 0 fully saturated rings. The van der Waals surface area contributed by atoms with E-state index < -0.39 is 0 Å². The van der Waals surface area contributed by atoms with E-state index in [0.29, 0.717) is 12.1 Å². The summed E-state index contributed by atoms with van der Waals surface area (Å²) in [5, 5.41) is 9.25. The standard InChI is InChI=1S/C14H20N4/c1-18(8-4-7-15)14-12(10-16)9-11-5-2-3-6-13(11)17-14/h9H,2-8,15H2,1H3. The molecular formula is C14H20N4. The van der Waals surface area contributed by atoms with Crippen LogP contribution < -0.4 is 10.6 Å². The van der Waals surface area contributed by atoms with Gasteiger partial charge in [-0.05, 0) is 50.3 Å². The number of rotatable bonds is 4. The quantitative estimate of drug-likeness (QED) is 0.874. The van der Waals surface area contributed by atoms with E-state index in [4.69, 9.17) is 10.7 Å². The molecule has 0 aromatic carbocycles. The molecule has 4 nitrogen and oxygen atoms in total.